The smallest absolute Gasteiger partial charge is 0.222 e. The first-order valence-electron chi connectivity index (χ1n) is 6.68. The lowest BCUT2D eigenvalue weighted by Gasteiger charge is -2.23. The Labute approximate surface area is 108 Å². The van der Waals surface area contributed by atoms with Gasteiger partial charge in [0.2, 0.25) is 5.91 Å². The van der Waals surface area contributed by atoms with Crippen LogP contribution >= 0.6 is 0 Å². The lowest BCUT2D eigenvalue weighted by atomic mass is 9.94. The number of rotatable bonds is 5. The topological polar surface area (TPSA) is 68.3 Å². The van der Waals surface area contributed by atoms with Crippen molar-refractivity contribution in [2.45, 2.75) is 57.0 Å². The molecule has 2 rings (SSSR count). The van der Waals surface area contributed by atoms with Crippen molar-refractivity contribution in [2.24, 2.45) is 5.73 Å². The summed E-state index contributed by atoms with van der Waals surface area (Å²) < 4.78 is 5.26. The minimum Gasteiger partial charge on any atom is -0.469 e. The second-order valence-corrected chi connectivity index (χ2v) is 5.50. The fourth-order valence-electron chi connectivity index (χ4n) is 2.68. The molecule has 4 nitrogen and oxygen atoms in total. The summed E-state index contributed by atoms with van der Waals surface area (Å²) in [6.07, 6.45) is 7.03. The van der Waals surface area contributed by atoms with E-state index in [9.17, 15) is 4.79 Å². The van der Waals surface area contributed by atoms with Crippen LogP contribution in [0.15, 0.2) is 22.8 Å². The molecule has 1 fully saturated rings. The summed E-state index contributed by atoms with van der Waals surface area (Å²) in [5, 5.41) is 2.99. The van der Waals surface area contributed by atoms with E-state index in [0.717, 1.165) is 37.9 Å². The van der Waals surface area contributed by atoms with Gasteiger partial charge in [-0.15, -0.1) is 0 Å². The third kappa shape index (κ3) is 3.60. The fraction of sp³-hybridized carbons (Fsp3) is 0.643. The Morgan fingerprint density at radius 1 is 1.56 bits per heavy atom. The van der Waals surface area contributed by atoms with E-state index in [4.69, 9.17) is 10.2 Å². The molecule has 0 bridgehead atoms. The van der Waals surface area contributed by atoms with Crippen molar-refractivity contribution in [3.05, 3.63) is 24.2 Å². The number of nitrogens with two attached hydrogens (primary N) is 1. The van der Waals surface area contributed by atoms with E-state index in [1.54, 1.807) is 6.26 Å². The predicted octanol–water partition coefficient (Wildman–Crippen LogP) is 1.99. The number of nitrogens with one attached hydrogen (secondary N) is 1. The molecular weight excluding hydrogens is 228 g/mol. The van der Waals surface area contributed by atoms with Gasteiger partial charge in [-0.05, 0) is 31.9 Å². The highest BCUT2D eigenvalue weighted by molar-refractivity contribution is 5.77. The summed E-state index contributed by atoms with van der Waals surface area (Å²) in [5.74, 6) is 0.949. The number of amides is 1. The molecule has 3 N–H and O–H groups in total. The van der Waals surface area contributed by atoms with E-state index in [1.807, 2.05) is 19.1 Å². The van der Waals surface area contributed by atoms with Gasteiger partial charge in [0.05, 0.1) is 6.26 Å². The van der Waals surface area contributed by atoms with Crippen LogP contribution in [0.4, 0.5) is 0 Å². The Balaban J connectivity index is 1.76. The second-order valence-electron chi connectivity index (χ2n) is 5.50. The fourth-order valence-corrected chi connectivity index (χ4v) is 2.68. The molecule has 4 heteroatoms. The number of hydrogen-bond acceptors (Lipinski definition) is 3. The lowest BCUT2D eigenvalue weighted by molar-refractivity contribution is -0.122. The third-order valence-corrected chi connectivity index (χ3v) is 3.61. The predicted molar refractivity (Wildman–Crippen MR) is 70.0 cm³/mol. The van der Waals surface area contributed by atoms with Crippen molar-refractivity contribution < 1.29 is 9.21 Å². The van der Waals surface area contributed by atoms with Gasteiger partial charge in [-0.1, -0.05) is 12.8 Å². The minimum absolute atomic E-state index is 0.0541. The van der Waals surface area contributed by atoms with Gasteiger partial charge in [0.25, 0.3) is 0 Å². The molecule has 0 spiro atoms. The summed E-state index contributed by atoms with van der Waals surface area (Å²) >= 11 is 0. The molecule has 100 valence electrons. The summed E-state index contributed by atoms with van der Waals surface area (Å²) in [5.41, 5.74) is 5.92. The van der Waals surface area contributed by atoms with Gasteiger partial charge >= 0.3 is 0 Å². The molecule has 1 amide bonds. The average Bonchev–Trinajstić information content (AvgIpc) is 2.89. The van der Waals surface area contributed by atoms with E-state index < -0.39 is 0 Å². The van der Waals surface area contributed by atoms with E-state index in [0.29, 0.717) is 6.42 Å². The van der Waals surface area contributed by atoms with Gasteiger partial charge in [-0.25, -0.2) is 0 Å². The number of carbonyl (C=O) groups excluding carboxylic acids is 1. The summed E-state index contributed by atoms with van der Waals surface area (Å²) in [4.78, 5) is 11.9. The van der Waals surface area contributed by atoms with Crippen molar-refractivity contribution in [2.75, 3.05) is 0 Å². The van der Waals surface area contributed by atoms with Gasteiger partial charge in [0, 0.05) is 24.4 Å². The van der Waals surface area contributed by atoms with E-state index in [-0.39, 0.29) is 17.5 Å². The largest absolute Gasteiger partial charge is 0.469 e. The summed E-state index contributed by atoms with van der Waals surface area (Å²) in [6.45, 7) is 1.98. The van der Waals surface area contributed by atoms with Gasteiger partial charge in [-0.2, -0.15) is 0 Å². The SMILES string of the molecule is CC(Cc1ccco1)NC(=O)CC1(N)CCCC1. The van der Waals surface area contributed by atoms with Crippen molar-refractivity contribution in [3.8, 4) is 0 Å². The maximum absolute atomic E-state index is 11.9. The monoisotopic (exact) mass is 250 g/mol. The summed E-state index contributed by atoms with van der Waals surface area (Å²) in [7, 11) is 0. The van der Waals surface area contributed by atoms with Gasteiger partial charge in [-0.3, -0.25) is 4.79 Å². The maximum atomic E-state index is 11.9. The molecule has 1 aliphatic rings. The Morgan fingerprint density at radius 3 is 2.89 bits per heavy atom. The van der Waals surface area contributed by atoms with Crippen molar-refractivity contribution in [1.82, 2.24) is 5.32 Å². The van der Waals surface area contributed by atoms with Crippen LogP contribution in [0.1, 0.15) is 44.8 Å². The van der Waals surface area contributed by atoms with Crippen molar-refractivity contribution in [1.29, 1.82) is 0 Å². The first kappa shape index (κ1) is 13.1. The van der Waals surface area contributed by atoms with Crippen LogP contribution in [0, 0.1) is 0 Å². The zero-order chi connectivity index (χ0) is 13.0. The molecule has 1 aromatic heterocycles. The molecule has 0 aliphatic heterocycles. The molecule has 1 aliphatic carbocycles. The molecule has 1 unspecified atom stereocenters. The van der Waals surface area contributed by atoms with Crippen molar-refractivity contribution >= 4 is 5.91 Å². The maximum Gasteiger partial charge on any atom is 0.222 e. The Morgan fingerprint density at radius 2 is 2.28 bits per heavy atom. The molecular formula is C14H22N2O2. The Hall–Kier alpha value is -1.29. The van der Waals surface area contributed by atoms with Crippen LogP contribution in [0.25, 0.3) is 0 Å². The van der Waals surface area contributed by atoms with Crippen LogP contribution in [-0.2, 0) is 11.2 Å². The third-order valence-electron chi connectivity index (χ3n) is 3.61. The van der Waals surface area contributed by atoms with Gasteiger partial charge < -0.3 is 15.5 Å². The molecule has 0 radical (unpaired) electrons. The second kappa shape index (κ2) is 5.57. The minimum atomic E-state index is -0.269. The highest BCUT2D eigenvalue weighted by Crippen LogP contribution is 2.29. The molecule has 1 aromatic rings. The van der Waals surface area contributed by atoms with Gasteiger partial charge in [0.1, 0.15) is 5.76 Å². The molecule has 0 aromatic carbocycles. The number of hydrogen-bond donors (Lipinski definition) is 2. The number of furan rings is 1. The van der Waals surface area contributed by atoms with Crippen LogP contribution in [0.3, 0.4) is 0 Å². The van der Waals surface area contributed by atoms with Crippen LogP contribution in [0.2, 0.25) is 0 Å². The zero-order valence-corrected chi connectivity index (χ0v) is 10.9. The van der Waals surface area contributed by atoms with Crippen LogP contribution in [-0.4, -0.2) is 17.5 Å². The normalized spacial score (nSPS) is 19.7. The first-order valence-corrected chi connectivity index (χ1v) is 6.68. The highest BCUT2D eigenvalue weighted by Gasteiger charge is 2.31. The van der Waals surface area contributed by atoms with E-state index in [1.165, 1.54) is 0 Å². The van der Waals surface area contributed by atoms with Gasteiger partial charge in [0.15, 0.2) is 0 Å². The lowest BCUT2D eigenvalue weighted by Crippen LogP contribution is -2.44. The van der Waals surface area contributed by atoms with Crippen molar-refractivity contribution in [3.63, 3.8) is 0 Å². The van der Waals surface area contributed by atoms with E-state index >= 15 is 0 Å². The van der Waals surface area contributed by atoms with Crippen LogP contribution in [0.5, 0.6) is 0 Å². The molecule has 1 saturated carbocycles. The first-order chi connectivity index (χ1) is 8.57. The zero-order valence-electron chi connectivity index (χ0n) is 10.9. The molecule has 0 saturated heterocycles. The Kier molecular flexibility index (Phi) is 4.07. The average molecular weight is 250 g/mol. The summed E-state index contributed by atoms with van der Waals surface area (Å²) in [6, 6.07) is 3.86. The van der Waals surface area contributed by atoms with Crippen LogP contribution < -0.4 is 11.1 Å². The highest BCUT2D eigenvalue weighted by atomic mass is 16.3. The standard InChI is InChI=1S/C14H22N2O2/c1-11(9-12-5-4-8-18-12)16-13(17)10-14(15)6-2-3-7-14/h4-5,8,11H,2-3,6-7,9-10,15H2,1H3,(H,16,17). The Bertz CT molecular complexity index is 381. The van der Waals surface area contributed by atoms with E-state index in [2.05, 4.69) is 5.32 Å². The number of carbonyl (C=O) groups is 1. The molecule has 1 heterocycles. The molecule has 18 heavy (non-hydrogen) atoms. The quantitative estimate of drug-likeness (QED) is 0.839. The molecule has 1 atom stereocenters.